The van der Waals surface area contributed by atoms with E-state index in [-0.39, 0.29) is 5.76 Å². The van der Waals surface area contributed by atoms with E-state index in [2.05, 4.69) is 26.2 Å². The Kier molecular flexibility index (Phi) is 4.21. The molecule has 1 aromatic carbocycles. The van der Waals surface area contributed by atoms with Gasteiger partial charge in [-0.25, -0.2) is 4.98 Å². The van der Waals surface area contributed by atoms with E-state index in [1.54, 1.807) is 18.3 Å². The van der Waals surface area contributed by atoms with Gasteiger partial charge in [0.2, 0.25) is 0 Å². The fraction of sp³-hybridized carbons (Fsp3) is 0. The Morgan fingerprint density at radius 1 is 1.19 bits per heavy atom. The normalized spacial score (nSPS) is 10.9. The number of carbonyl (C=O) groups excluding carboxylic acids is 1. The summed E-state index contributed by atoms with van der Waals surface area (Å²) in [5, 5.41) is 13.3. The number of carbonyl (C=O) groups is 1. The van der Waals surface area contributed by atoms with Gasteiger partial charge in [0.1, 0.15) is 10.6 Å². The van der Waals surface area contributed by atoms with Crippen molar-refractivity contribution >= 4 is 39.1 Å². The van der Waals surface area contributed by atoms with Crippen LogP contribution in [0.4, 0.5) is 11.6 Å². The van der Waals surface area contributed by atoms with E-state index < -0.39 is 16.7 Å². The van der Waals surface area contributed by atoms with Crippen molar-refractivity contribution in [2.24, 2.45) is 0 Å². The molecule has 0 unspecified atom stereocenters. The first-order chi connectivity index (χ1) is 13.0. The molecule has 0 saturated carbocycles. The molecule has 0 bridgehead atoms. The Hall–Kier alpha value is -3.46. The number of nitro groups is 1. The van der Waals surface area contributed by atoms with E-state index in [1.807, 2.05) is 34.9 Å². The fourth-order valence-electron chi connectivity index (χ4n) is 2.63. The predicted molar refractivity (Wildman–Crippen MR) is 102 cm³/mol. The number of hydrogen-bond donors (Lipinski definition) is 1. The number of nitrogens with zero attached hydrogens (tertiary/aromatic N) is 3. The number of hydrogen-bond acceptors (Lipinski definition) is 5. The van der Waals surface area contributed by atoms with Gasteiger partial charge in [0.05, 0.1) is 18.0 Å². The largest absolute Gasteiger partial charge is 0.433 e. The van der Waals surface area contributed by atoms with Crippen LogP contribution in [-0.4, -0.2) is 20.2 Å². The number of benzene rings is 1. The Balaban J connectivity index is 1.54. The van der Waals surface area contributed by atoms with Crippen LogP contribution in [-0.2, 0) is 0 Å². The van der Waals surface area contributed by atoms with Crippen molar-refractivity contribution in [1.29, 1.82) is 0 Å². The van der Waals surface area contributed by atoms with Gasteiger partial charge in [0, 0.05) is 21.9 Å². The molecule has 134 valence electrons. The smallest absolute Gasteiger partial charge is 0.395 e. The van der Waals surface area contributed by atoms with E-state index in [9.17, 15) is 14.9 Å². The summed E-state index contributed by atoms with van der Waals surface area (Å²) in [6.07, 6.45) is 3.69. The maximum absolute atomic E-state index is 12.1. The lowest BCUT2D eigenvalue weighted by Crippen LogP contribution is -2.10. The zero-order chi connectivity index (χ0) is 19.0. The highest BCUT2D eigenvalue weighted by atomic mass is 79.9. The molecule has 0 aliphatic heterocycles. The van der Waals surface area contributed by atoms with Crippen LogP contribution in [0.2, 0.25) is 0 Å². The molecule has 0 radical (unpaired) electrons. The van der Waals surface area contributed by atoms with Gasteiger partial charge in [0.15, 0.2) is 5.76 Å². The monoisotopic (exact) mass is 426 g/mol. The van der Waals surface area contributed by atoms with Crippen molar-refractivity contribution in [2.45, 2.75) is 0 Å². The third-order valence-electron chi connectivity index (χ3n) is 3.91. The number of amides is 1. The van der Waals surface area contributed by atoms with Crippen LogP contribution >= 0.6 is 15.9 Å². The molecule has 0 saturated heterocycles. The Morgan fingerprint density at radius 2 is 1.96 bits per heavy atom. The van der Waals surface area contributed by atoms with E-state index in [0.29, 0.717) is 5.69 Å². The summed E-state index contributed by atoms with van der Waals surface area (Å²) >= 11 is 3.42. The van der Waals surface area contributed by atoms with Crippen molar-refractivity contribution in [3.63, 3.8) is 0 Å². The van der Waals surface area contributed by atoms with E-state index in [0.717, 1.165) is 27.4 Å². The minimum Gasteiger partial charge on any atom is -0.395 e. The lowest BCUT2D eigenvalue weighted by Gasteiger charge is -2.06. The number of imidazole rings is 1. The molecule has 9 heteroatoms. The number of halogens is 1. The van der Waals surface area contributed by atoms with Crippen molar-refractivity contribution < 1.29 is 14.1 Å². The van der Waals surface area contributed by atoms with Gasteiger partial charge < -0.3 is 9.73 Å². The van der Waals surface area contributed by atoms with Gasteiger partial charge in [-0.05, 0) is 30.3 Å². The first-order valence-corrected chi connectivity index (χ1v) is 8.59. The predicted octanol–water partition coefficient (Wildman–Crippen LogP) is 4.52. The van der Waals surface area contributed by atoms with Crippen LogP contribution in [0.25, 0.3) is 16.9 Å². The van der Waals surface area contributed by atoms with Crippen LogP contribution in [0, 0.1) is 10.1 Å². The summed E-state index contributed by atoms with van der Waals surface area (Å²) in [6.45, 7) is 0. The highest BCUT2D eigenvalue weighted by molar-refractivity contribution is 9.10. The van der Waals surface area contributed by atoms with Crippen molar-refractivity contribution in [1.82, 2.24) is 9.38 Å². The SMILES string of the molecule is O=C(Nc1ccc(-c2cnc3cc(Br)ccn23)cc1)c1ccc([N+](=O)[O-])o1. The molecule has 27 heavy (non-hydrogen) atoms. The summed E-state index contributed by atoms with van der Waals surface area (Å²) in [7, 11) is 0. The summed E-state index contributed by atoms with van der Waals surface area (Å²) in [5.74, 6) is -1.16. The molecular formula is C18H11BrN4O4. The zero-order valence-corrected chi connectivity index (χ0v) is 15.2. The number of aromatic nitrogens is 2. The molecule has 0 aliphatic carbocycles. The van der Waals surface area contributed by atoms with Gasteiger partial charge in [0.25, 0.3) is 5.91 Å². The number of pyridine rings is 1. The average Bonchev–Trinajstić information content (AvgIpc) is 3.29. The van der Waals surface area contributed by atoms with Gasteiger partial charge in [-0.2, -0.15) is 0 Å². The molecule has 1 N–H and O–H groups in total. The average molecular weight is 427 g/mol. The zero-order valence-electron chi connectivity index (χ0n) is 13.6. The third-order valence-corrected chi connectivity index (χ3v) is 4.40. The Morgan fingerprint density at radius 3 is 2.67 bits per heavy atom. The van der Waals surface area contributed by atoms with Crippen LogP contribution in [0.3, 0.4) is 0 Å². The quantitative estimate of drug-likeness (QED) is 0.381. The molecule has 3 heterocycles. The van der Waals surface area contributed by atoms with Crippen molar-refractivity contribution in [2.75, 3.05) is 5.32 Å². The van der Waals surface area contributed by atoms with Gasteiger partial charge >= 0.3 is 5.88 Å². The molecule has 4 aromatic rings. The standard InChI is InChI=1S/C18H11BrN4O4/c19-12-7-8-22-14(10-20-16(22)9-12)11-1-3-13(4-2-11)21-18(24)15-5-6-17(27-15)23(25)26/h1-10H,(H,21,24). The first-order valence-electron chi connectivity index (χ1n) is 7.80. The minimum absolute atomic E-state index is 0.127. The summed E-state index contributed by atoms with van der Waals surface area (Å²) in [5.41, 5.74) is 3.20. The molecule has 3 aromatic heterocycles. The van der Waals surface area contributed by atoms with Crippen molar-refractivity contribution in [3.8, 4) is 11.3 Å². The topological polar surface area (TPSA) is 103 Å². The number of anilines is 1. The Labute approximate surface area is 160 Å². The highest BCUT2D eigenvalue weighted by Gasteiger charge is 2.17. The minimum atomic E-state index is -0.694. The van der Waals surface area contributed by atoms with Gasteiger partial charge in [-0.15, -0.1) is 0 Å². The molecule has 0 aliphatic rings. The number of rotatable bonds is 4. The number of fused-ring (bicyclic) bond motifs is 1. The second-order valence-electron chi connectivity index (χ2n) is 5.64. The summed E-state index contributed by atoms with van der Waals surface area (Å²) < 4.78 is 7.80. The van der Waals surface area contributed by atoms with Crippen LogP contribution in [0.1, 0.15) is 10.6 Å². The van der Waals surface area contributed by atoms with E-state index in [1.165, 1.54) is 6.07 Å². The van der Waals surface area contributed by atoms with Gasteiger partial charge in [-0.3, -0.25) is 19.3 Å². The highest BCUT2D eigenvalue weighted by Crippen LogP contribution is 2.24. The van der Waals surface area contributed by atoms with Crippen LogP contribution < -0.4 is 5.32 Å². The lowest BCUT2D eigenvalue weighted by molar-refractivity contribution is -0.402. The molecule has 4 rings (SSSR count). The van der Waals surface area contributed by atoms with Crippen LogP contribution in [0.5, 0.6) is 0 Å². The molecule has 1 amide bonds. The molecule has 0 fully saturated rings. The Bertz CT molecular complexity index is 1160. The summed E-state index contributed by atoms with van der Waals surface area (Å²) in [4.78, 5) is 26.4. The van der Waals surface area contributed by atoms with E-state index >= 15 is 0 Å². The molecular weight excluding hydrogens is 416 g/mol. The van der Waals surface area contributed by atoms with Crippen LogP contribution in [0.15, 0.2) is 69.8 Å². The third kappa shape index (κ3) is 3.32. The first kappa shape index (κ1) is 17.0. The fourth-order valence-corrected chi connectivity index (χ4v) is 2.96. The maximum Gasteiger partial charge on any atom is 0.433 e. The second kappa shape index (κ2) is 6.69. The lowest BCUT2D eigenvalue weighted by atomic mass is 10.1. The maximum atomic E-state index is 12.1. The molecule has 0 atom stereocenters. The molecule has 0 spiro atoms. The van der Waals surface area contributed by atoms with Gasteiger partial charge in [-0.1, -0.05) is 28.1 Å². The molecule has 8 nitrogen and oxygen atoms in total. The van der Waals surface area contributed by atoms with Crippen molar-refractivity contribution in [3.05, 3.63) is 81.3 Å². The number of furan rings is 1. The second-order valence-corrected chi connectivity index (χ2v) is 6.56. The number of nitrogens with one attached hydrogen (secondary N) is 1. The van der Waals surface area contributed by atoms with E-state index in [4.69, 9.17) is 4.42 Å². The summed E-state index contributed by atoms with van der Waals surface area (Å²) in [6, 6.07) is 13.4.